The molecule has 1 aromatic heterocycles. The number of anilines is 2. The van der Waals surface area contributed by atoms with Crippen LogP contribution >= 0.6 is 22.9 Å². The maximum atomic E-state index is 13.0. The lowest BCUT2D eigenvalue weighted by atomic mass is 10.1. The highest BCUT2D eigenvalue weighted by atomic mass is 35.5. The normalized spacial score (nSPS) is 11.3. The van der Waals surface area contributed by atoms with E-state index in [0.717, 1.165) is 16.7 Å². The van der Waals surface area contributed by atoms with Crippen molar-refractivity contribution in [2.24, 2.45) is 0 Å². The van der Waals surface area contributed by atoms with E-state index in [1.807, 2.05) is 18.2 Å². The second-order valence-electron chi connectivity index (χ2n) is 6.21. The standard InChI is InChI=1S/C21H15ClN2O3S2/c22-15-7-4-8-16(13-15)23-21(25)20-18(11-12-28-20)24-29(26,27)19-10-3-6-14-5-1-2-9-17(14)19/h1-13,24H,(H,23,25). The summed E-state index contributed by atoms with van der Waals surface area (Å²) in [6.45, 7) is 0. The van der Waals surface area contributed by atoms with Crippen LogP contribution in [0.3, 0.4) is 0 Å². The lowest BCUT2D eigenvalue weighted by Crippen LogP contribution is -2.17. The Balaban J connectivity index is 1.64. The second kappa shape index (κ2) is 7.87. The molecule has 4 rings (SSSR count). The maximum absolute atomic E-state index is 13.0. The fourth-order valence-corrected chi connectivity index (χ4v) is 5.25. The number of hydrogen-bond acceptors (Lipinski definition) is 4. The van der Waals surface area contributed by atoms with Crippen LogP contribution < -0.4 is 10.0 Å². The fourth-order valence-electron chi connectivity index (χ4n) is 2.95. The van der Waals surface area contributed by atoms with E-state index in [1.165, 1.54) is 0 Å². The smallest absolute Gasteiger partial charge is 0.267 e. The molecule has 0 aliphatic heterocycles. The van der Waals surface area contributed by atoms with Gasteiger partial charge in [-0.25, -0.2) is 8.42 Å². The first-order valence-electron chi connectivity index (χ1n) is 8.59. The number of carbonyl (C=O) groups is 1. The van der Waals surface area contributed by atoms with E-state index in [9.17, 15) is 13.2 Å². The highest BCUT2D eigenvalue weighted by molar-refractivity contribution is 7.93. The molecule has 0 spiro atoms. The number of benzene rings is 3. The van der Waals surface area contributed by atoms with Gasteiger partial charge in [0.25, 0.3) is 15.9 Å². The first kappa shape index (κ1) is 19.4. The Kier molecular flexibility index (Phi) is 5.27. The minimum Gasteiger partial charge on any atom is -0.321 e. The minimum absolute atomic E-state index is 0.156. The molecule has 1 heterocycles. The van der Waals surface area contributed by atoms with Gasteiger partial charge in [0.05, 0.1) is 10.6 Å². The summed E-state index contributed by atoms with van der Waals surface area (Å²) in [7, 11) is -3.89. The van der Waals surface area contributed by atoms with Crippen LogP contribution in [-0.4, -0.2) is 14.3 Å². The van der Waals surface area contributed by atoms with Crippen LogP contribution in [0.2, 0.25) is 5.02 Å². The summed E-state index contributed by atoms with van der Waals surface area (Å²) in [5.74, 6) is -0.419. The second-order valence-corrected chi connectivity index (χ2v) is 9.21. The quantitative estimate of drug-likeness (QED) is 0.422. The van der Waals surface area contributed by atoms with Crippen LogP contribution in [0.15, 0.2) is 83.1 Å². The number of amides is 1. The molecule has 0 saturated heterocycles. The first-order valence-corrected chi connectivity index (χ1v) is 11.3. The molecule has 29 heavy (non-hydrogen) atoms. The van der Waals surface area contributed by atoms with Crippen LogP contribution in [0.4, 0.5) is 11.4 Å². The van der Waals surface area contributed by atoms with Crippen molar-refractivity contribution < 1.29 is 13.2 Å². The summed E-state index contributed by atoms with van der Waals surface area (Å²) in [5, 5.41) is 6.32. The van der Waals surface area contributed by atoms with Crippen molar-refractivity contribution in [3.63, 3.8) is 0 Å². The molecule has 0 unspecified atom stereocenters. The zero-order valence-corrected chi connectivity index (χ0v) is 17.3. The van der Waals surface area contributed by atoms with Crippen molar-refractivity contribution in [2.45, 2.75) is 4.90 Å². The van der Waals surface area contributed by atoms with Gasteiger partial charge in [0.15, 0.2) is 0 Å². The highest BCUT2D eigenvalue weighted by Gasteiger charge is 2.22. The van der Waals surface area contributed by atoms with Crippen molar-refractivity contribution in [3.05, 3.63) is 88.1 Å². The number of carbonyl (C=O) groups excluding carboxylic acids is 1. The van der Waals surface area contributed by atoms with Crippen LogP contribution in [0, 0.1) is 0 Å². The molecule has 4 aromatic rings. The SMILES string of the molecule is O=C(Nc1cccc(Cl)c1)c1sccc1NS(=O)(=O)c1cccc2ccccc12. The third-order valence-electron chi connectivity index (χ3n) is 4.24. The minimum atomic E-state index is -3.89. The fraction of sp³-hybridized carbons (Fsp3) is 0. The molecular formula is C21H15ClN2O3S2. The Morgan fingerprint density at radius 3 is 2.52 bits per heavy atom. The number of rotatable bonds is 5. The number of hydrogen-bond donors (Lipinski definition) is 2. The zero-order valence-electron chi connectivity index (χ0n) is 14.9. The van der Waals surface area contributed by atoms with Crippen LogP contribution in [0.1, 0.15) is 9.67 Å². The maximum Gasteiger partial charge on any atom is 0.267 e. The van der Waals surface area contributed by atoms with Gasteiger partial charge in [-0.2, -0.15) is 0 Å². The molecule has 0 atom stereocenters. The van der Waals surface area contributed by atoms with E-state index in [0.29, 0.717) is 16.1 Å². The third-order valence-corrected chi connectivity index (χ3v) is 6.81. The molecule has 5 nitrogen and oxygen atoms in total. The van der Waals surface area contributed by atoms with Gasteiger partial charge in [-0.3, -0.25) is 9.52 Å². The number of sulfonamides is 1. The molecule has 0 aliphatic rings. The predicted octanol–water partition coefficient (Wildman–Crippen LogP) is 5.61. The summed E-state index contributed by atoms with van der Waals surface area (Å²) in [6, 6.07) is 20.6. The average Bonchev–Trinajstić information content (AvgIpc) is 3.15. The lowest BCUT2D eigenvalue weighted by molar-refractivity contribution is 0.103. The van der Waals surface area contributed by atoms with E-state index in [4.69, 9.17) is 11.6 Å². The van der Waals surface area contributed by atoms with E-state index < -0.39 is 15.9 Å². The van der Waals surface area contributed by atoms with Gasteiger partial charge in [0.2, 0.25) is 0 Å². The summed E-state index contributed by atoms with van der Waals surface area (Å²) in [6.07, 6.45) is 0. The number of fused-ring (bicyclic) bond motifs is 1. The number of thiophene rings is 1. The van der Waals surface area contributed by atoms with Gasteiger partial charge in [0, 0.05) is 16.1 Å². The monoisotopic (exact) mass is 442 g/mol. The van der Waals surface area contributed by atoms with Crippen molar-refractivity contribution in [1.29, 1.82) is 0 Å². The topological polar surface area (TPSA) is 75.3 Å². The van der Waals surface area contributed by atoms with Gasteiger partial charge in [-0.1, -0.05) is 54.1 Å². The van der Waals surface area contributed by atoms with Crippen molar-refractivity contribution in [3.8, 4) is 0 Å². The van der Waals surface area contributed by atoms with E-state index in [1.54, 1.807) is 60.0 Å². The molecule has 8 heteroatoms. The molecule has 0 aliphatic carbocycles. The molecule has 1 amide bonds. The summed E-state index contributed by atoms with van der Waals surface area (Å²) >= 11 is 7.10. The Labute approximate surface area is 177 Å². The van der Waals surface area contributed by atoms with Crippen molar-refractivity contribution in [2.75, 3.05) is 10.0 Å². The number of halogens is 1. The van der Waals surface area contributed by atoms with E-state index in [-0.39, 0.29) is 15.5 Å². The first-order chi connectivity index (χ1) is 13.9. The Morgan fingerprint density at radius 2 is 1.69 bits per heavy atom. The molecule has 0 saturated carbocycles. The Hall–Kier alpha value is -2.87. The average molecular weight is 443 g/mol. The lowest BCUT2D eigenvalue weighted by Gasteiger charge is -2.11. The number of nitrogens with one attached hydrogen (secondary N) is 2. The molecule has 0 fully saturated rings. The van der Waals surface area contributed by atoms with Crippen molar-refractivity contribution in [1.82, 2.24) is 0 Å². The molecule has 3 aromatic carbocycles. The zero-order chi connectivity index (χ0) is 20.4. The molecule has 0 bridgehead atoms. The van der Waals surface area contributed by atoms with Gasteiger partial charge < -0.3 is 5.32 Å². The van der Waals surface area contributed by atoms with Gasteiger partial charge in [0.1, 0.15) is 4.88 Å². The van der Waals surface area contributed by atoms with Crippen LogP contribution in [0.5, 0.6) is 0 Å². The summed E-state index contributed by atoms with van der Waals surface area (Å²) < 4.78 is 28.6. The molecule has 146 valence electrons. The summed E-state index contributed by atoms with van der Waals surface area (Å²) in [4.78, 5) is 13.1. The Bertz CT molecular complexity index is 1310. The third kappa shape index (κ3) is 4.12. The van der Waals surface area contributed by atoms with E-state index in [2.05, 4.69) is 10.0 Å². The van der Waals surface area contributed by atoms with Crippen LogP contribution in [0.25, 0.3) is 10.8 Å². The van der Waals surface area contributed by atoms with E-state index >= 15 is 0 Å². The van der Waals surface area contributed by atoms with Gasteiger partial charge >= 0.3 is 0 Å². The van der Waals surface area contributed by atoms with Crippen LogP contribution in [-0.2, 0) is 10.0 Å². The summed E-state index contributed by atoms with van der Waals surface area (Å²) in [5.41, 5.74) is 0.751. The van der Waals surface area contributed by atoms with Gasteiger partial charge in [-0.05, 0) is 41.1 Å². The highest BCUT2D eigenvalue weighted by Crippen LogP contribution is 2.29. The molecule has 0 radical (unpaired) electrons. The largest absolute Gasteiger partial charge is 0.321 e. The molecular weight excluding hydrogens is 428 g/mol. The molecule has 2 N–H and O–H groups in total. The van der Waals surface area contributed by atoms with Crippen molar-refractivity contribution >= 4 is 61.0 Å². The predicted molar refractivity (Wildman–Crippen MR) is 118 cm³/mol. The van der Waals surface area contributed by atoms with Gasteiger partial charge in [-0.15, -0.1) is 11.3 Å². The Morgan fingerprint density at radius 1 is 0.931 bits per heavy atom.